The van der Waals surface area contributed by atoms with E-state index in [0.29, 0.717) is 17.3 Å². The van der Waals surface area contributed by atoms with Crippen molar-refractivity contribution in [1.29, 1.82) is 0 Å². The molecule has 0 aliphatic rings. The molecule has 1 heterocycles. The van der Waals surface area contributed by atoms with Crippen LogP contribution in [0.25, 0.3) is 0 Å². The van der Waals surface area contributed by atoms with Crippen molar-refractivity contribution >= 4 is 33.1 Å². The van der Waals surface area contributed by atoms with Crippen LogP contribution in [0.5, 0.6) is 5.75 Å². The smallest absolute Gasteiger partial charge is 0.129 e. The molecule has 2 N–H and O–H groups in total. The lowest BCUT2D eigenvalue weighted by Crippen LogP contribution is -2.12. The number of nitrogens with zero attached hydrogens (tertiary/aromatic N) is 2. The summed E-state index contributed by atoms with van der Waals surface area (Å²) in [5.41, 5.74) is 9.58. The van der Waals surface area contributed by atoms with Crippen molar-refractivity contribution in [3.05, 3.63) is 45.2 Å². The van der Waals surface area contributed by atoms with Gasteiger partial charge in [0, 0.05) is 0 Å². The first-order chi connectivity index (χ1) is 9.43. The zero-order valence-corrected chi connectivity index (χ0v) is 14.0. The number of thiocarbonyl (C=S) groups is 1. The molecule has 2 rings (SSSR count). The van der Waals surface area contributed by atoms with Gasteiger partial charge in [-0.05, 0) is 47.5 Å². The van der Waals surface area contributed by atoms with Crippen molar-refractivity contribution < 1.29 is 4.74 Å². The molecule has 0 aliphatic carbocycles. The Bertz CT molecular complexity index is 667. The van der Waals surface area contributed by atoms with Gasteiger partial charge in [0.25, 0.3) is 0 Å². The second-order valence-electron chi connectivity index (χ2n) is 4.54. The Morgan fingerprint density at radius 2 is 2.15 bits per heavy atom. The molecule has 0 amide bonds. The number of nitrogens with two attached hydrogens (primary N) is 1. The predicted molar refractivity (Wildman–Crippen MR) is 87.4 cm³/mol. The summed E-state index contributed by atoms with van der Waals surface area (Å²) in [5, 5.41) is 4.50. The SMILES string of the molecule is COc1cc(Cn2nc(C)c(Br)c2C)ccc1C(N)=S. The van der Waals surface area contributed by atoms with E-state index in [0.717, 1.165) is 27.0 Å². The number of ether oxygens (including phenoxy) is 1. The van der Waals surface area contributed by atoms with Gasteiger partial charge in [0.2, 0.25) is 0 Å². The van der Waals surface area contributed by atoms with E-state index in [1.807, 2.05) is 36.7 Å². The number of hydrogen-bond donors (Lipinski definition) is 1. The number of methoxy groups -OCH3 is 1. The Labute approximate surface area is 132 Å². The molecule has 1 aromatic heterocycles. The number of benzene rings is 1. The zero-order chi connectivity index (χ0) is 14.9. The summed E-state index contributed by atoms with van der Waals surface area (Å²) < 4.78 is 8.34. The summed E-state index contributed by atoms with van der Waals surface area (Å²) >= 11 is 8.53. The molecule has 2 aromatic rings. The molecule has 0 unspecified atom stereocenters. The Morgan fingerprint density at radius 1 is 1.45 bits per heavy atom. The summed E-state index contributed by atoms with van der Waals surface area (Å²) in [4.78, 5) is 0.335. The quantitative estimate of drug-likeness (QED) is 0.858. The maximum atomic E-state index is 5.67. The zero-order valence-electron chi connectivity index (χ0n) is 11.6. The average Bonchev–Trinajstić information content (AvgIpc) is 2.66. The van der Waals surface area contributed by atoms with E-state index in [4.69, 9.17) is 22.7 Å². The summed E-state index contributed by atoms with van der Waals surface area (Å²) in [6, 6.07) is 5.82. The van der Waals surface area contributed by atoms with Crippen LogP contribution in [-0.4, -0.2) is 21.9 Å². The molecule has 0 radical (unpaired) electrons. The summed E-state index contributed by atoms with van der Waals surface area (Å²) in [7, 11) is 1.61. The highest BCUT2D eigenvalue weighted by Crippen LogP contribution is 2.23. The molecule has 0 fully saturated rings. The third kappa shape index (κ3) is 2.86. The van der Waals surface area contributed by atoms with Crippen molar-refractivity contribution in [3.63, 3.8) is 0 Å². The predicted octanol–water partition coefficient (Wildman–Crippen LogP) is 2.95. The number of aromatic nitrogens is 2. The third-order valence-corrected chi connectivity index (χ3v) is 4.52. The standard InChI is InChI=1S/C14H16BrN3OS/c1-8-13(15)9(2)18(17-8)7-10-4-5-11(14(16)20)12(6-10)19-3/h4-6H,7H2,1-3H3,(H2,16,20). The third-order valence-electron chi connectivity index (χ3n) is 3.16. The van der Waals surface area contributed by atoms with Crippen molar-refractivity contribution in [2.75, 3.05) is 7.11 Å². The molecular formula is C14H16BrN3OS. The highest BCUT2D eigenvalue weighted by Gasteiger charge is 2.11. The molecule has 20 heavy (non-hydrogen) atoms. The highest BCUT2D eigenvalue weighted by atomic mass is 79.9. The van der Waals surface area contributed by atoms with Crippen LogP contribution in [-0.2, 0) is 6.54 Å². The minimum Gasteiger partial charge on any atom is -0.496 e. The van der Waals surface area contributed by atoms with Gasteiger partial charge < -0.3 is 10.5 Å². The summed E-state index contributed by atoms with van der Waals surface area (Å²) in [6.45, 7) is 4.68. The van der Waals surface area contributed by atoms with Gasteiger partial charge >= 0.3 is 0 Å². The van der Waals surface area contributed by atoms with E-state index in [2.05, 4.69) is 21.0 Å². The van der Waals surface area contributed by atoms with Gasteiger partial charge in [0.05, 0.1) is 35.1 Å². The lowest BCUT2D eigenvalue weighted by atomic mass is 10.1. The second-order valence-corrected chi connectivity index (χ2v) is 5.77. The summed E-state index contributed by atoms with van der Waals surface area (Å²) in [5.74, 6) is 0.690. The summed E-state index contributed by atoms with van der Waals surface area (Å²) in [6.07, 6.45) is 0. The van der Waals surface area contributed by atoms with Gasteiger partial charge in [-0.1, -0.05) is 18.3 Å². The minimum absolute atomic E-state index is 0.335. The van der Waals surface area contributed by atoms with Crippen molar-refractivity contribution in [3.8, 4) is 5.75 Å². The van der Waals surface area contributed by atoms with Gasteiger partial charge in [-0.15, -0.1) is 0 Å². The van der Waals surface area contributed by atoms with Gasteiger partial charge in [0.15, 0.2) is 0 Å². The maximum Gasteiger partial charge on any atom is 0.129 e. The van der Waals surface area contributed by atoms with Crippen LogP contribution in [0.3, 0.4) is 0 Å². The van der Waals surface area contributed by atoms with E-state index < -0.39 is 0 Å². The van der Waals surface area contributed by atoms with Crippen LogP contribution in [0.2, 0.25) is 0 Å². The van der Waals surface area contributed by atoms with E-state index >= 15 is 0 Å². The van der Waals surface area contributed by atoms with Crippen LogP contribution in [0.4, 0.5) is 0 Å². The van der Waals surface area contributed by atoms with Crippen LogP contribution < -0.4 is 10.5 Å². The molecule has 6 heteroatoms. The number of halogens is 1. The molecule has 0 saturated carbocycles. The Morgan fingerprint density at radius 3 is 2.65 bits per heavy atom. The molecule has 0 aliphatic heterocycles. The normalized spacial score (nSPS) is 10.6. The Kier molecular flexibility index (Phi) is 4.45. The minimum atomic E-state index is 0.335. The monoisotopic (exact) mass is 353 g/mol. The first-order valence-electron chi connectivity index (χ1n) is 6.10. The van der Waals surface area contributed by atoms with Gasteiger partial charge in [-0.3, -0.25) is 4.68 Å². The number of aryl methyl sites for hydroxylation is 1. The fraction of sp³-hybridized carbons (Fsp3) is 0.286. The molecule has 106 valence electrons. The molecule has 0 spiro atoms. The molecule has 4 nitrogen and oxygen atoms in total. The largest absolute Gasteiger partial charge is 0.496 e. The van der Waals surface area contributed by atoms with Crippen molar-refractivity contribution in [2.24, 2.45) is 5.73 Å². The maximum absolute atomic E-state index is 5.67. The van der Waals surface area contributed by atoms with Crippen LogP contribution >= 0.6 is 28.1 Å². The van der Waals surface area contributed by atoms with Crippen molar-refractivity contribution in [2.45, 2.75) is 20.4 Å². The van der Waals surface area contributed by atoms with E-state index in [1.54, 1.807) is 7.11 Å². The fourth-order valence-electron chi connectivity index (χ4n) is 2.04. The molecular weight excluding hydrogens is 338 g/mol. The van der Waals surface area contributed by atoms with Gasteiger partial charge in [-0.25, -0.2) is 0 Å². The molecule has 0 atom stereocenters. The lowest BCUT2D eigenvalue weighted by Gasteiger charge is -2.10. The topological polar surface area (TPSA) is 53.1 Å². The first-order valence-corrected chi connectivity index (χ1v) is 7.30. The lowest BCUT2D eigenvalue weighted by molar-refractivity contribution is 0.413. The molecule has 0 saturated heterocycles. The number of rotatable bonds is 4. The Hall–Kier alpha value is -1.40. The van der Waals surface area contributed by atoms with Crippen molar-refractivity contribution in [1.82, 2.24) is 9.78 Å². The molecule has 0 bridgehead atoms. The average molecular weight is 354 g/mol. The van der Waals surface area contributed by atoms with E-state index in [-0.39, 0.29) is 0 Å². The van der Waals surface area contributed by atoms with Gasteiger partial charge in [-0.2, -0.15) is 5.10 Å². The fourth-order valence-corrected chi connectivity index (χ4v) is 2.49. The second kappa shape index (κ2) is 5.93. The van der Waals surface area contributed by atoms with Crippen LogP contribution in [0.1, 0.15) is 22.5 Å². The van der Waals surface area contributed by atoms with E-state index in [1.165, 1.54) is 0 Å². The van der Waals surface area contributed by atoms with Gasteiger partial charge in [0.1, 0.15) is 10.7 Å². The Balaban J connectivity index is 2.34. The van der Waals surface area contributed by atoms with E-state index in [9.17, 15) is 0 Å². The first kappa shape index (κ1) is 15.0. The highest BCUT2D eigenvalue weighted by molar-refractivity contribution is 9.10. The molecule has 1 aromatic carbocycles. The van der Waals surface area contributed by atoms with Crippen LogP contribution in [0, 0.1) is 13.8 Å². The number of hydrogen-bond acceptors (Lipinski definition) is 3. The van der Waals surface area contributed by atoms with Crippen LogP contribution in [0.15, 0.2) is 22.7 Å².